The summed E-state index contributed by atoms with van der Waals surface area (Å²) in [5.74, 6) is 0.946. The number of nitrogens with one attached hydrogen (secondary N) is 3. The quantitative estimate of drug-likeness (QED) is 0.403. The van der Waals surface area contributed by atoms with Gasteiger partial charge in [0.15, 0.2) is 11.5 Å². The summed E-state index contributed by atoms with van der Waals surface area (Å²) < 4.78 is 16.0. The summed E-state index contributed by atoms with van der Waals surface area (Å²) in [7, 11) is 1.58. The van der Waals surface area contributed by atoms with Gasteiger partial charge < -0.3 is 30.2 Å². The zero-order valence-corrected chi connectivity index (χ0v) is 21.7. The lowest BCUT2D eigenvalue weighted by Gasteiger charge is -2.19. The van der Waals surface area contributed by atoms with E-state index < -0.39 is 11.7 Å². The average Bonchev–Trinajstić information content (AvgIpc) is 2.82. The Balaban J connectivity index is 1.82. The van der Waals surface area contributed by atoms with E-state index in [1.165, 1.54) is 0 Å². The van der Waals surface area contributed by atoms with E-state index in [-0.39, 0.29) is 37.7 Å². The monoisotopic (exact) mass is 499 g/mol. The maximum Gasteiger partial charge on any atom is 0.407 e. The van der Waals surface area contributed by atoms with Crippen molar-refractivity contribution >= 4 is 23.6 Å². The molecule has 0 saturated heterocycles. The van der Waals surface area contributed by atoms with E-state index in [2.05, 4.69) is 16.0 Å². The Kier molecular flexibility index (Phi) is 11.1. The third-order valence-corrected chi connectivity index (χ3v) is 4.96. The minimum absolute atomic E-state index is 0.110. The van der Waals surface area contributed by atoms with Crippen molar-refractivity contribution in [2.45, 2.75) is 59.1 Å². The Morgan fingerprint density at radius 1 is 0.917 bits per heavy atom. The highest BCUT2D eigenvalue weighted by atomic mass is 16.6. The van der Waals surface area contributed by atoms with Gasteiger partial charge in [-0.2, -0.15) is 0 Å². The van der Waals surface area contributed by atoms with Crippen LogP contribution in [0.4, 0.5) is 10.5 Å². The first kappa shape index (κ1) is 28.5. The van der Waals surface area contributed by atoms with Gasteiger partial charge in [0.2, 0.25) is 11.8 Å². The fourth-order valence-corrected chi connectivity index (χ4v) is 3.28. The van der Waals surface area contributed by atoms with Crippen molar-refractivity contribution in [1.82, 2.24) is 10.6 Å². The predicted octanol–water partition coefficient (Wildman–Crippen LogP) is 4.20. The highest BCUT2D eigenvalue weighted by Gasteiger charge is 2.16. The van der Waals surface area contributed by atoms with Crippen LogP contribution in [-0.2, 0) is 27.3 Å². The second-order valence-electron chi connectivity index (χ2n) is 9.08. The van der Waals surface area contributed by atoms with Gasteiger partial charge in [-0.15, -0.1) is 0 Å². The molecule has 0 aromatic heterocycles. The van der Waals surface area contributed by atoms with Crippen molar-refractivity contribution in [3.63, 3.8) is 0 Å². The number of methoxy groups -OCH3 is 1. The number of alkyl carbamates (subject to hydrolysis) is 1. The number of para-hydroxylation sites is 1. The zero-order valence-electron chi connectivity index (χ0n) is 21.7. The number of hydrogen-bond donors (Lipinski definition) is 3. The minimum atomic E-state index is -0.596. The van der Waals surface area contributed by atoms with Crippen LogP contribution in [0.25, 0.3) is 0 Å². The number of hydrogen-bond acceptors (Lipinski definition) is 6. The van der Waals surface area contributed by atoms with E-state index in [9.17, 15) is 14.4 Å². The first-order valence-electron chi connectivity index (χ1n) is 12.0. The smallest absolute Gasteiger partial charge is 0.407 e. The maximum atomic E-state index is 12.6. The number of anilines is 1. The van der Waals surface area contributed by atoms with Crippen LogP contribution >= 0.6 is 0 Å². The number of carbonyl (C=O) groups excluding carboxylic acids is 3. The second-order valence-corrected chi connectivity index (χ2v) is 9.08. The Morgan fingerprint density at radius 2 is 1.67 bits per heavy atom. The summed E-state index contributed by atoms with van der Waals surface area (Å²) in [6.07, 6.45) is 0.373. The van der Waals surface area contributed by atoms with E-state index in [0.29, 0.717) is 30.2 Å². The van der Waals surface area contributed by atoms with Gasteiger partial charge >= 0.3 is 6.09 Å². The predicted molar refractivity (Wildman–Crippen MR) is 138 cm³/mol. The molecule has 9 nitrogen and oxygen atoms in total. The molecule has 0 radical (unpaired) electrons. The Bertz CT molecular complexity index is 1030. The number of amides is 3. The molecule has 0 aliphatic heterocycles. The standard InChI is InChI=1S/C27H37N3O6/c1-6-35-22-13-11-19(17-23(22)34-5)12-14-25(32)30-21-10-8-7-9-20(21)18-29-24(31)15-16-28-26(33)36-27(2,3)4/h7-11,13,17H,6,12,14-16,18H2,1-5H3,(H,28,33)(H,29,31)(H,30,32). The summed E-state index contributed by atoms with van der Waals surface area (Å²) in [5, 5.41) is 8.29. The normalized spacial score (nSPS) is 10.8. The SMILES string of the molecule is CCOc1ccc(CCC(=O)Nc2ccccc2CNC(=O)CCNC(=O)OC(C)(C)C)cc1OC. The van der Waals surface area contributed by atoms with E-state index in [4.69, 9.17) is 14.2 Å². The van der Waals surface area contributed by atoms with Crippen LogP contribution in [0, 0.1) is 0 Å². The van der Waals surface area contributed by atoms with Crippen LogP contribution in [0.1, 0.15) is 51.7 Å². The summed E-state index contributed by atoms with van der Waals surface area (Å²) in [6, 6.07) is 12.9. The lowest BCUT2D eigenvalue weighted by atomic mass is 10.1. The molecule has 0 saturated carbocycles. The van der Waals surface area contributed by atoms with Gasteiger partial charge in [-0.25, -0.2) is 4.79 Å². The molecule has 2 aromatic rings. The molecule has 0 bridgehead atoms. The van der Waals surface area contributed by atoms with E-state index in [1.807, 2.05) is 43.3 Å². The molecule has 0 spiro atoms. The molecule has 2 rings (SSSR count). The van der Waals surface area contributed by atoms with Gasteiger partial charge in [0.05, 0.1) is 13.7 Å². The van der Waals surface area contributed by atoms with E-state index in [0.717, 1.165) is 11.1 Å². The average molecular weight is 500 g/mol. The first-order valence-corrected chi connectivity index (χ1v) is 12.0. The van der Waals surface area contributed by atoms with Crippen molar-refractivity contribution < 1.29 is 28.6 Å². The molecule has 3 N–H and O–H groups in total. The highest BCUT2D eigenvalue weighted by molar-refractivity contribution is 5.91. The molecule has 196 valence electrons. The molecule has 0 aliphatic rings. The van der Waals surface area contributed by atoms with Crippen molar-refractivity contribution in [2.24, 2.45) is 0 Å². The number of carbonyl (C=O) groups is 3. The molecular weight excluding hydrogens is 462 g/mol. The molecular formula is C27H37N3O6. The second kappa shape index (κ2) is 14.0. The van der Waals surface area contributed by atoms with Crippen molar-refractivity contribution in [3.8, 4) is 11.5 Å². The van der Waals surface area contributed by atoms with Gasteiger partial charge in [0.25, 0.3) is 0 Å². The van der Waals surface area contributed by atoms with E-state index >= 15 is 0 Å². The summed E-state index contributed by atoms with van der Waals surface area (Å²) >= 11 is 0. The molecule has 9 heteroatoms. The van der Waals surface area contributed by atoms with Crippen molar-refractivity contribution in [3.05, 3.63) is 53.6 Å². The lowest BCUT2D eigenvalue weighted by Crippen LogP contribution is -2.35. The fourth-order valence-electron chi connectivity index (χ4n) is 3.28. The molecule has 0 unspecified atom stereocenters. The van der Waals surface area contributed by atoms with Gasteiger partial charge in [0, 0.05) is 31.6 Å². The largest absolute Gasteiger partial charge is 0.493 e. The van der Waals surface area contributed by atoms with Gasteiger partial charge in [-0.05, 0) is 63.4 Å². The summed E-state index contributed by atoms with van der Waals surface area (Å²) in [4.78, 5) is 36.4. The van der Waals surface area contributed by atoms with Gasteiger partial charge in [0.1, 0.15) is 5.60 Å². The van der Waals surface area contributed by atoms with Crippen LogP contribution in [0.15, 0.2) is 42.5 Å². The molecule has 0 fully saturated rings. The maximum absolute atomic E-state index is 12.6. The third-order valence-electron chi connectivity index (χ3n) is 4.96. The van der Waals surface area contributed by atoms with Crippen molar-refractivity contribution in [2.75, 3.05) is 25.6 Å². The Labute approximate surface area is 212 Å². The van der Waals surface area contributed by atoms with Crippen LogP contribution < -0.4 is 25.4 Å². The number of benzene rings is 2. The highest BCUT2D eigenvalue weighted by Crippen LogP contribution is 2.28. The number of rotatable bonds is 12. The molecule has 36 heavy (non-hydrogen) atoms. The topological polar surface area (TPSA) is 115 Å². The lowest BCUT2D eigenvalue weighted by molar-refractivity contribution is -0.121. The Hall–Kier alpha value is -3.75. The fraction of sp³-hybridized carbons (Fsp3) is 0.444. The molecule has 3 amide bonds. The first-order chi connectivity index (χ1) is 17.1. The molecule has 0 aliphatic carbocycles. The third kappa shape index (κ3) is 10.2. The van der Waals surface area contributed by atoms with Crippen LogP contribution in [0.5, 0.6) is 11.5 Å². The number of ether oxygens (including phenoxy) is 3. The van der Waals surface area contributed by atoms with Gasteiger partial charge in [-0.1, -0.05) is 24.3 Å². The molecule has 0 atom stereocenters. The van der Waals surface area contributed by atoms with E-state index in [1.54, 1.807) is 33.9 Å². The van der Waals surface area contributed by atoms with Crippen LogP contribution in [-0.4, -0.2) is 43.8 Å². The van der Waals surface area contributed by atoms with Crippen LogP contribution in [0.2, 0.25) is 0 Å². The summed E-state index contributed by atoms with van der Waals surface area (Å²) in [6.45, 7) is 8.17. The Morgan fingerprint density at radius 3 is 2.36 bits per heavy atom. The number of aryl methyl sites for hydroxylation is 1. The zero-order chi connectivity index (χ0) is 26.6. The molecule has 2 aromatic carbocycles. The van der Waals surface area contributed by atoms with Crippen LogP contribution in [0.3, 0.4) is 0 Å². The molecule has 0 heterocycles. The van der Waals surface area contributed by atoms with Crippen molar-refractivity contribution in [1.29, 1.82) is 0 Å². The van der Waals surface area contributed by atoms with Gasteiger partial charge in [-0.3, -0.25) is 9.59 Å². The minimum Gasteiger partial charge on any atom is -0.493 e. The summed E-state index contributed by atoms with van der Waals surface area (Å²) in [5.41, 5.74) is 1.79.